The summed E-state index contributed by atoms with van der Waals surface area (Å²) in [5.74, 6) is -0.326. The molecule has 0 aromatic heterocycles. The molecule has 0 radical (unpaired) electrons. The molecule has 0 spiro atoms. The fourth-order valence-corrected chi connectivity index (χ4v) is 2.77. The van der Waals surface area contributed by atoms with Crippen LogP contribution in [0.15, 0.2) is 30.3 Å². The van der Waals surface area contributed by atoms with E-state index in [1.807, 2.05) is 24.3 Å². The maximum absolute atomic E-state index is 11.1. The second-order valence-electron chi connectivity index (χ2n) is 6.53. The molecule has 146 valence electrons. The van der Waals surface area contributed by atoms with Crippen molar-refractivity contribution >= 4 is 12.0 Å². The van der Waals surface area contributed by atoms with Gasteiger partial charge >= 0.3 is 5.97 Å². The van der Waals surface area contributed by atoms with Crippen molar-refractivity contribution in [3.05, 3.63) is 41.5 Å². The summed E-state index contributed by atoms with van der Waals surface area (Å²) in [5, 5.41) is 30.5. The van der Waals surface area contributed by atoms with Gasteiger partial charge in [0.25, 0.3) is 0 Å². The number of carbonyl (C=O) groups is 1. The van der Waals surface area contributed by atoms with Crippen LogP contribution in [0, 0.1) is 0 Å². The number of hydrogen-bond donors (Lipinski definition) is 3. The SMILES string of the molecule is CCCCC[C@@H](O)c1ccccc1C=C[C@@H](O)[C@@H](O)CCCC(=O)OC. The van der Waals surface area contributed by atoms with Gasteiger partial charge in [-0.3, -0.25) is 4.79 Å². The zero-order valence-electron chi connectivity index (χ0n) is 15.8. The summed E-state index contributed by atoms with van der Waals surface area (Å²) >= 11 is 0. The van der Waals surface area contributed by atoms with Crippen LogP contribution in [-0.4, -0.2) is 40.6 Å². The molecule has 0 amide bonds. The zero-order valence-corrected chi connectivity index (χ0v) is 15.8. The van der Waals surface area contributed by atoms with E-state index >= 15 is 0 Å². The van der Waals surface area contributed by atoms with E-state index < -0.39 is 18.3 Å². The average Bonchev–Trinajstić information content (AvgIpc) is 2.66. The summed E-state index contributed by atoms with van der Waals surface area (Å²) in [6.07, 6.45) is 5.59. The van der Waals surface area contributed by atoms with Crippen molar-refractivity contribution in [2.45, 2.75) is 70.2 Å². The number of aliphatic hydroxyl groups excluding tert-OH is 3. The second-order valence-corrected chi connectivity index (χ2v) is 6.53. The lowest BCUT2D eigenvalue weighted by atomic mass is 9.97. The molecule has 3 N–H and O–H groups in total. The minimum absolute atomic E-state index is 0.219. The number of unbranched alkanes of at least 4 members (excludes halogenated alkanes) is 2. The Morgan fingerprint density at radius 3 is 2.54 bits per heavy atom. The fraction of sp³-hybridized carbons (Fsp3) is 0.571. The summed E-state index contributed by atoms with van der Waals surface area (Å²) in [7, 11) is 1.32. The van der Waals surface area contributed by atoms with Gasteiger partial charge in [-0.1, -0.05) is 62.6 Å². The van der Waals surface area contributed by atoms with Gasteiger partial charge in [-0.05, 0) is 30.4 Å². The van der Waals surface area contributed by atoms with Crippen LogP contribution in [0.4, 0.5) is 0 Å². The van der Waals surface area contributed by atoms with E-state index in [0.29, 0.717) is 19.3 Å². The smallest absolute Gasteiger partial charge is 0.305 e. The minimum Gasteiger partial charge on any atom is -0.469 e. The first-order chi connectivity index (χ1) is 12.5. The molecular formula is C21H32O5. The Balaban J connectivity index is 2.62. The third kappa shape index (κ3) is 8.13. The quantitative estimate of drug-likeness (QED) is 0.391. The van der Waals surface area contributed by atoms with Crippen LogP contribution in [0.2, 0.25) is 0 Å². The largest absolute Gasteiger partial charge is 0.469 e. The van der Waals surface area contributed by atoms with Gasteiger partial charge < -0.3 is 20.1 Å². The third-order valence-corrected chi connectivity index (χ3v) is 4.41. The lowest BCUT2D eigenvalue weighted by molar-refractivity contribution is -0.140. The second kappa shape index (κ2) is 12.6. The van der Waals surface area contributed by atoms with E-state index in [1.54, 1.807) is 6.08 Å². The molecule has 1 aromatic rings. The van der Waals surface area contributed by atoms with Crippen LogP contribution < -0.4 is 0 Å². The summed E-state index contributed by atoms with van der Waals surface area (Å²) in [5.41, 5.74) is 1.66. The normalized spacial score (nSPS) is 15.0. The van der Waals surface area contributed by atoms with Gasteiger partial charge in [-0.2, -0.15) is 0 Å². The van der Waals surface area contributed by atoms with Crippen LogP contribution >= 0.6 is 0 Å². The number of carbonyl (C=O) groups excluding carboxylic acids is 1. The maximum atomic E-state index is 11.1. The molecule has 0 heterocycles. The highest BCUT2D eigenvalue weighted by Crippen LogP contribution is 2.24. The Bertz CT molecular complexity index is 555. The van der Waals surface area contributed by atoms with Gasteiger partial charge in [0.2, 0.25) is 0 Å². The maximum Gasteiger partial charge on any atom is 0.305 e. The predicted molar refractivity (Wildman–Crippen MR) is 102 cm³/mol. The standard InChI is InChI=1S/C21H32O5/c1-3-4-5-11-18(22)17-10-7-6-9-16(17)14-15-20(24)19(23)12-8-13-21(25)26-2/h6-7,9-10,14-15,18-20,22-24H,3-5,8,11-13H2,1-2H3/t18-,19+,20-/m1/s1. The Labute approximate surface area is 156 Å². The van der Waals surface area contributed by atoms with Crippen molar-refractivity contribution in [2.24, 2.45) is 0 Å². The molecule has 0 aliphatic rings. The number of rotatable bonds is 12. The molecule has 0 unspecified atom stereocenters. The first-order valence-corrected chi connectivity index (χ1v) is 9.37. The first-order valence-electron chi connectivity index (χ1n) is 9.37. The van der Waals surface area contributed by atoms with Crippen molar-refractivity contribution in [2.75, 3.05) is 7.11 Å². The predicted octanol–water partition coefficient (Wildman–Crippen LogP) is 3.38. The Kier molecular flexibility index (Phi) is 10.9. The van der Waals surface area contributed by atoms with E-state index in [9.17, 15) is 20.1 Å². The lowest BCUT2D eigenvalue weighted by Crippen LogP contribution is -2.23. The number of esters is 1. The molecule has 0 saturated heterocycles. The van der Waals surface area contributed by atoms with Crippen molar-refractivity contribution in [1.29, 1.82) is 0 Å². The van der Waals surface area contributed by atoms with Gasteiger partial charge in [0.05, 0.1) is 25.4 Å². The van der Waals surface area contributed by atoms with Gasteiger partial charge in [0.15, 0.2) is 0 Å². The van der Waals surface area contributed by atoms with Crippen LogP contribution in [0.1, 0.15) is 69.1 Å². The van der Waals surface area contributed by atoms with Gasteiger partial charge in [0, 0.05) is 6.42 Å². The van der Waals surface area contributed by atoms with E-state index in [1.165, 1.54) is 13.2 Å². The zero-order chi connectivity index (χ0) is 19.4. The number of ether oxygens (including phenoxy) is 1. The minimum atomic E-state index is -1.03. The molecule has 1 rings (SSSR count). The van der Waals surface area contributed by atoms with Crippen LogP contribution in [-0.2, 0) is 9.53 Å². The first kappa shape index (κ1) is 22.4. The molecular weight excluding hydrogens is 332 g/mol. The Morgan fingerprint density at radius 1 is 1.12 bits per heavy atom. The highest BCUT2D eigenvalue weighted by molar-refractivity contribution is 5.69. The number of aliphatic hydroxyl groups is 3. The van der Waals surface area contributed by atoms with E-state index in [-0.39, 0.29) is 12.4 Å². The molecule has 26 heavy (non-hydrogen) atoms. The average molecular weight is 364 g/mol. The monoisotopic (exact) mass is 364 g/mol. The highest BCUT2D eigenvalue weighted by Gasteiger charge is 2.15. The van der Waals surface area contributed by atoms with Gasteiger partial charge in [0.1, 0.15) is 0 Å². The van der Waals surface area contributed by atoms with E-state index in [2.05, 4.69) is 11.7 Å². The molecule has 1 aromatic carbocycles. The topological polar surface area (TPSA) is 87.0 Å². The summed E-state index contributed by atoms with van der Waals surface area (Å²) in [6.45, 7) is 2.13. The molecule has 0 aliphatic carbocycles. The molecule has 0 fully saturated rings. The van der Waals surface area contributed by atoms with Gasteiger partial charge in [-0.25, -0.2) is 0 Å². The number of methoxy groups -OCH3 is 1. The van der Waals surface area contributed by atoms with Crippen LogP contribution in [0.5, 0.6) is 0 Å². The Hall–Kier alpha value is -1.69. The highest BCUT2D eigenvalue weighted by atomic mass is 16.5. The third-order valence-electron chi connectivity index (χ3n) is 4.41. The van der Waals surface area contributed by atoms with E-state index in [4.69, 9.17) is 0 Å². The van der Waals surface area contributed by atoms with Crippen molar-refractivity contribution in [3.63, 3.8) is 0 Å². The molecule has 5 nitrogen and oxygen atoms in total. The van der Waals surface area contributed by atoms with Crippen molar-refractivity contribution in [3.8, 4) is 0 Å². The van der Waals surface area contributed by atoms with Crippen LogP contribution in [0.3, 0.4) is 0 Å². The number of hydrogen-bond acceptors (Lipinski definition) is 5. The molecule has 5 heteroatoms. The molecule has 0 saturated carbocycles. The number of benzene rings is 1. The van der Waals surface area contributed by atoms with Crippen molar-refractivity contribution in [1.82, 2.24) is 0 Å². The van der Waals surface area contributed by atoms with Crippen LogP contribution in [0.25, 0.3) is 6.08 Å². The molecule has 0 bridgehead atoms. The van der Waals surface area contributed by atoms with Gasteiger partial charge in [-0.15, -0.1) is 0 Å². The summed E-state index contributed by atoms with van der Waals surface area (Å²) in [4.78, 5) is 11.1. The summed E-state index contributed by atoms with van der Waals surface area (Å²) in [6, 6.07) is 7.52. The molecule has 0 aliphatic heterocycles. The van der Waals surface area contributed by atoms with Crippen molar-refractivity contribution < 1.29 is 24.9 Å². The summed E-state index contributed by atoms with van der Waals surface area (Å²) < 4.78 is 4.55. The Morgan fingerprint density at radius 2 is 1.85 bits per heavy atom. The fourth-order valence-electron chi connectivity index (χ4n) is 2.77. The molecule has 3 atom stereocenters. The lowest BCUT2D eigenvalue weighted by Gasteiger charge is -2.16. The van der Waals surface area contributed by atoms with E-state index in [0.717, 1.165) is 30.4 Å².